The Balaban J connectivity index is 2.13. The molecule has 2 rings (SSSR count). The molecular formula is C17H28N2. The molecule has 0 amide bonds. The zero-order chi connectivity index (χ0) is 13.7. The fraction of sp³-hybridized carbons (Fsp3) is 0.647. The number of anilines is 1. The summed E-state index contributed by atoms with van der Waals surface area (Å²) in [6, 6.07) is 8.91. The second-order valence-electron chi connectivity index (χ2n) is 6.09. The second-order valence-corrected chi connectivity index (χ2v) is 6.09. The third-order valence-electron chi connectivity index (χ3n) is 4.49. The van der Waals surface area contributed by atoms with Gasteiger partial charge in [-0.1, -0.05) is 25.0 Å². The van der Waals surface area contributed by atoms with E-state index >= 15 is 0 Å². The van der Waals surface area contributed by atoms with E-state index in [-0.39, 0.29) is 0 Å². The standard InChI is InChI=1S/C17H28N2/c1-4-19(16-9-7-8-15(2)12-16)14-17(13-18-3)10-5-6-11-17/h7-9,12,18H,4-6,10-11,13-14H2,1-3H3. The predicted molar refractivity (Wildman–Crippen MR) is 83.9 cm³/mol. The molecule has 0 unspecified atom stereocenters. The van der Waals surface area contributed by atoms with Crippen LogP contribution < -0.4 is 10.2 Å². The van der Waals surface area contributed by atoms with E-state index in [1.807, 2.05) is 0 Å². The molecule has 1 N–H and O–H groups in total. The van der Waals surface area contributed by atoms with Crippen molar-refractivity contribution in [1.82, 2.24) is 5.32 Å². The minimum Gasteiger partial charge on any atom is -0.371 e. The molecule has 0 saturated heterocycles. The summed E-state index contributed by atoms with van der Waals surface area (Å²) in [6.45, 7) is 7.87. The van der Waals surface area contributed by atoms with Gasteiger partial charge in [-0.15, -0.1) is 0 Å². The average Bonchev–Trinajstić information content (AvgIpc) is 2.85. The van der Waals surface area contributed by atoms with Crippen molar-refractivity contribution in [2.45, 2.75) is 39.5 Å². The highest BCUT2D eigenvalue weighted by atomic mass is 15.1. The molecule has 0 heterocycles. The molecule has 0 bridgehead atoms. The Labute approximate surface area is 118 Å². The van der Waals surface area contributed by atoms with Crippen LogP contribution in [0.5, 0.6) is 0 Å². The van der Waals surface area contributed by atoms with Gasteiger partial charge in [0.1, 0.15) is 0 Å². The molecule has 0 spiro atoms. The van der Waals surface area contributed by atoms with Gasteiger partial charge >= 0.3 is 0 Å². The van der Waals surface area contributed by atoms with Crippen LogP contribution in [-0.2, 0) is 0 Å². The van der Waals surface area contributed by atoms with Gasteiger partial charge < -0.3 is 10.2 Å². The van der Waals surface area contributed by atoms with Crippen molar-refractivity contribution < 1.29 is 0 Å². The monoisotopic (exact) mass is 260 g/mol. The number of benzene rings is 1. The van der Waals surface area contributed by atoms with E-state index < -0.39 is 0 Å². The summed E-state index contributed by atoms with van der Waals surface area (Å²) >= 11 is 0. The number of hydrogen-bond donors (Lipinski definition) is 1. The molecule has 2 nitrogen and oxygen atoms in total. The molecule has 1 aromatic carbocycles. The number of nitrogens with one attached hydrogen (secondary N) is 1. The van der Waals surface area contributed by atoms with Gasteiger partial charge in [0, 0.05) is 30.7 Å². The Kier molecular flexibility index (Phi) is 4.87. The first kappa shape index (κ1) is 14.4. The van der Waals surface area contributed by atoms with Crippen LogP contribution in [-0.4, -0.2) is 26.7 Å². The molecule has 106 valence electrons. The highest BCUT2D eigenvalue weighted by molar-refractivity contribution is 5.48. The third-order valence-corrected chi connectivity index (χ3v) is 4.49. The van der Waals surface area contributed by atoms with Crippen LogP contribution in [0.4, 0.5) is 5.69 Å². The summed E-state index contributed by atoms with van der Waals surface area (Å²) in [6.07, 6.45) is 5.53. The normalized spacial score (nSPS) is 17.6. The maximum absolute atomic E-state index is 3.42. The summed E-state index contributed by atoms with van der Waals surface area (Å²) in [5, 5.41) is 3.42. The van der Waals surface area contributed by atoms with E-state index in [2.05, 4.69) is 55.4 Å². The van der Waals surface area contributed by atoms with Gasteiger partial charge in [-0.2, -0.15) is 0 Å². The van der Waals surface area contributed by atoms with Crippen molar-refractivity contribution >= 4 is 5.69 Å². The lowest BCUT2D eigenvalue weighted by molar-refractivity contribution is 0.292. The summed E-state index contributed by atoms with van der Waals surface area (Å²) in [7, 11) is 2.09. The van der Waals surface area contributed by atoms with Crippen molar-refractivity contribution in [3.63, 3.8) is 0 Å². The molecule has 0 aliphatic heterocycles. The zero-order valence-corrected chi connectivity index (χ0v) is 12.7. The van der Waals surface area contributed by atoms with Crippen molar-refractivity contribution in [3.8, 4) is 0 Å². The van der Waals surface area contributed by atoms with Crippen molar-refractivity contribution in [1.29, 1.82) is 0 Å². The summed E-state index contributed by atoms with van der Waals surface area (Å²) in [5.41, 5.74) is 3.21. The minimum absolute atomic E-state index is 0.481. The molecule has 0 aromatic heterocycles. The highest BCUT2D eigenvalue weighted by Crippen LogP contribution is 2.39. The zero-order valence-electron chi connectivity index (χ0n) is 12.7. The minimum atomic E-state index is 0.481. The third kappa shape index (κ3) is 3.50. The van der Waals surface area contributed by atoms with E-state index in [9.17, 15) is 0 Å². The fourth-order valence-corrected chi connectivity index (χ4v) is 3.51. The Bertz CT molecular complexity index is 394. The van der Waals surface area contributed by atoms with E-state index in [1.54, 1.807) is 0 Å². The lowest BCUT2D eigenvalue weighted by Crippen LogP contribution is -2.42. The van der Waals surface area contributed by atoms with E-state index in [0.29, 0.717) is 5.41 Å². The predicted octanol–water partition coefficient (Wildman–Crippen LogP) is 3.60. The molecule has 1 fully saturated rings. The van der Waals surface area contributed by atoms with Crippen molar-refractivity contribution in [2.24, 2.45) is 5.41 Å². The van der Waals surface area contributed by atoms with Crippen molar-refractivity contribution in [2.75, 3.05) is 31.6 Å². The first-order valence-electron chi connectivity index (χ1n) is 7.65. The van der Waals surface area contributed by atoms with Gasteiger partial charge in [-0.05, 0) is 51.4 Å². The lowest BCUT2D eigenvalue weighted by Gasteiger charge is -2.36. The Hall–Kier alpha value is -1.02. The van der Waals surface area contributed by atoms with Crippen LogP contribution in [0, 0.1) is 12.3 Å². The van der Waals surface area contributed by atoms with Crippen molar-refractivity contribution in [3.05, 3.63) is 29.8 Å². The van der Waals surface area contributed by atoms with Crippen LogP contribution in [0.1, 0.15) is 38.2 Å². The van der Waals surface area contributed by atoms with E-state index in [0.717, 1.165) is 13.1 Å². The second kappa shape index (κ2) is 6.42. The van der Waals surface area contributed by atoms with E-state index in [1.165, 1.54) is 43.5 Å². The number of hydrogen-bond acceptors (Lipinski definition) is 2. The maximum atomic E-state index is 3.42. The molecule has 1 aliphatic rings. The highest BCUT2D eigenvalue weighted by Gasteiger charge is 2.34. The van der Waals surface area contributed by atoms with Gasteiger partial charge in [0.25, 0.3) is 0 Å². The molecular weight excluding hydrogens is 232 g/mol. The topological polar surface area (TPSA) is 15.3 Å². The molecule has 19 heavy (non-hydrogen) atoms. The van der Waals surface area contributed by atoms with Crippen LogP contribution in [0.15, 0.2) is 24.3 Å². The van der Waals surface area contributed by atoms with Crippen LogP contribution in [0.25, 0.3) is 0 Å². The average molecular weight is 260 g/mol. The molecule has 1 aliphatic carbocycles. The van der Waals surface area contributed by atoms with Gasteiger partial charge in [0.05, 0.1) is 0 Å². The molecule has 2 heteroatoms. The van der Waals surface area contributed by atoms with Crippen LogP contribution >= 0.6 is 0 Å². The molecule has 0 radical (unpaired) electrons. The SMILES string of the molecule is CCN(CC1(CNC)CCCC1)c1cccc(C)c1. The summed E-state index contributed by atoms with van der Waals surface area (Å²) < 4.78 is 0. The summed E-state index contributed by atoms with van der Waals surface area (Å²) in [5.74, 6) is 0. The van der Waals surface area contributed by atoms with Crippen LogP contribution in [0.3, 0.4) is 0 Å². The summed E-state index contributed by atoms with van der Waals surface area (Å²) in [4.78, 5) is 2.55. The fourth-order valence-electron chi connectivity index (χ4n) is 3.51. The maximum Gasteiger partial charge on any atom is 0.0368 e. The first-order valence-corrected chi connectivity index (χ1v) is 7.65. The van der Waals surface area contributed by atoms with Gasteiger partial charge in [-0.3, -0.25) is 0 Å². The Morgan fingerprint density at radius 1 is 1.26 bits per heavy atom. The van der Waals surface area contributed by atoms with Gasteiger partial charge in [0.2, 0.25) is 0 Å². The lowest BCUT2D eigenvalue weighted by atomic mass is 9.85. The Morgan fingerprint density at radius 2 is 2.00 bits per heavy atom. The first-order chi connectivity index (χ1) is 9.19. The molecule has 1 saturated carbocycles. The van der Waals surface area contributed by atoms with E-state index in [4.69, 9.17) is 0 Å². The van der Waals surface area contributed by atoms with Gasteiger partial charge in [-0.25, -0.2) is 0 Å². The quantitative estimate of drug-likeness (QED) is 0.840. The molecule has 1 aromatic rings. The number of nitrogens with zero attached hydrogens (tertiary/aromatic N) is 1. The molecule has 0 atom stereocenters. The van der Waals surface area contributed by atoms with Crippen LogP contribution in [0.2, 0.25) is 0 Å². The smallest absolute Gasteiger partial charge is 0.0368 e. The van der Waals surface area contributed by atoms with Gasteiger partial charge in [0.15, 0.2) is 0 Å². The largest absolute Gasteiger partial charge is 0.371 e. The number of aryl methyl sites for hydroxylation is 1. The number of rotatable bonds is 6. The Morgan fingerprint density at radius 3 is 2.58 bits per heavy atom.